The standard InChI is InChI=1S/C8H14N2O2/c11-7-8(12)10-6-4-2-1-3-5(6)9-7/h5-7,9,11H,1-4H2,(H,10,12). The van der Waals surface area contributed by atoms with Crippen LogP contribution < -0.4 is 10.6 Å². The molecule has 1 amide bonds. The van der Waals surface area contributed by atoms with Crippen LogP contribution in [0.5, 0.6) is 0 Å². The van der Waals surface area contributed by atoms with Crippen LogP contribution in [-0.2, 0) is 4.79 Å². The van der Waals surface area contributed by atoms with Crippen molar-refractivity contribution in [1.82, 2.24) is 10.6 Å². The number of aliphatic hydroxyl groups excluding tert-OH is 1. The Hall–Kier alpha value is -0.610. The van der Waals surface area contributed by atoms with E-state index in [1.165, 1.54) is 12.8 Å². The third-order valence-electron chi connectivity index (χ3n) is 2.71. The molecule has 1 aliphatic heterocycles. The summed E-state index contributed by atoms with van der Waals surface area (Å²) in [5.74, 6) is -0.279. The van der Waals surface area contributed by atoms with E-state index in [1.807, 2.05) is 0 Å². The Balaban J connectivity index is 2.02. The van der Waals surface area contributed by atoms with Gasteiger partial charge >= 0.3 is 0 Å². The predicted octanol–water partition coefficient (Wildman–Crippen LogP) is -0.665. The Kier molecular flexibility index (Phi) is 2.02. The molecule has 4 heteroatoms. The van der Waals surface area contributed by atoms with E-state index in [0.717, 1.165) is 12.8 Å². The molecule has 1 saturated carbocycles. The predicted molar refractivity (Wildman–Crippen MR) is 43.3 cm³/mol. The second kappa shape index (κ2) is 3.03. The second-order valence-electron chi connectivity index (χ2n) is 3.58. The molecule has 1 heterocycles. The first-order valence-electron chi connectivity index (χ1n) is 4.52. The van der Waals surface area contributed by atoms with E-state index >= 15 is 0 Å². The largest absolute Gasteiger partial charge is 0.370 e. The van der Waals surface area contributed by atoms with Crippen molar-refractivity contribution >= 4 is 5.91 Å². The number of rotatable bonds is 0. The third-order valence-corrected chi connectivity index (χ3v) is 2.71. The lowest BCUT2D eigenvalue weighted by Gasteiger charge is -2.38. The molecule has 68 valence electrons. The molecule has 2 aliphatic rings. The highest BCUT2D eigenvalue weighted by Crippen LogP contribution is 2.20. The third kappa shape index (κ3) is 1.32. The number of hydrogen-bond acceptors (Lipinski definition) is 3. The quantitative estimate of drug-likeness (QED) is 0.452. The van der Waals surface area contributed by atoms with Gasteiger partial charge in [-0.05, 0) is 12.8 Å². The van der Waals surface area contributed by atoms with Gasteiger partial charge in [-0.15, -0.1) is 0 Å². The molecule has 3 unspecified atom stereocenters. The fraction of sp³-hybridized carbons (Fsp3) is 0.875. The molecule has 0 radical (unpaired) electrons. The minimum Gasteiger partial charge on any atom is -0.370 e. The molecule has 2 rings (SSSR count). The van der Waals surface area contributed by atoms with Crippen LogP contribution in [0.2, 0.25) is 0 Å². The van der Waals surface area contributed by atoms with Gasteiger partial charge in [0.2, 0.25) is 0 Å². The monoisotopic (exact) mass is 170 g/mol. The minimum absolute atomic E-state index is 0.245. The van der Waals surface area contributed by atoms with E-state index in [0.29, 0.717) is 0 Å². The van der Waals surface area contributed by atoms with E-state index < -0.39 is 6.23 Å². The molecule has 2 fully saturated rings. The maximum Gasteiger partial charge on any atom is 0.264 e. The highest BCUT2D eigenvalue weighted by atomic mass is 16.3. The van der Waals surface area contributed by atoms with Gasteiger partial charge in [-0.1, -0.05) is 12.8 Å². The van der Waals surface area contributed by atoms with Gasteiger partial charge in [-0.25, -0.2) is 0 Å². The smallest absolute Gasteiger partial charge is 0.264 e. The van der Waals surface area contributed by atoms with Gasteiger partial charge in [-0.3, -0.25) is 10.1 Å². The summed E-state index contributed by atoms with van der Waals surface area (Å²) in [5, 5.41) is 14.9. The van der Waals surface area contributed by atoms with Gasteiger partial charge in [0.1, 0.15) is 0 Å². The van der Waals surface area contributed by atoms with Crippen LogP contribution in [-0.4, -0.2) is 29.3 Å². The molecule has 3 N–H and O–H groups in total. The van der Waals surface area contributed by atoms with E-state index in [1.54, 1.807) is 0 Å². The summed E-state index contributed by atoms with van der Waals surface area (Å²) >= 11 is 0. The van der Waals surface area contributed by atoms with Crippen molar-refractivity contribution in [2.45, 2.75) is 44.0 Å². The Morgan fingerprint density at radius 1 is 1.25 bits per heavy atom. The zero-order valence-electron chi connectivity index (χ0n) is 6.92. The average molecular weight is 170 g/mol. The molecule has 0 bridgehead atoms. The van der Waals surface area contributed by atoms with Crippen molar-refractivity contribution in [1.29, 1.82) is 0 Å². The fourth-order valence-electron chi connectivity index (χ4n) is 2.04. The van der Waals surface area contributed by atoms with Crippen LogP contribution in [0.15, 0.2) is 0 Å². The van der Waals surface area contributed by atoms with Crippen LogP contribution in [0.4, 0.5) is 0 Å². The number of aliphatic hydroxyl groups is 1. The van der Waals surface area contributed by atoms with Crippen molar-refractivity contribution < 1.29 is 9.90 Å². The van der Waals surface area contributed by atoms with Gasteiger partial charge in [0.25, 0.3) is 5.91 Å². The van der Waals surface area contributed by atoms with Gasteiger partial charge in [0.15, 0.2) is 6.23 Å². The number of carbonyl (C=O) groups is 1. The molecule has 0 spiro atoms. The van der Waals surface area contributed by atoms with Crippen LogP contribution >= 0.6 is 0 Å². The zero-order chi connectivity index (χ0) is 8.55. The molecule has 0 aromatic rings. The average Bonchev–Trinajstić information content (AvgIpc) is 2.07. The van der Waals surface area contributed by atoms with Gasteiger partial charge in [-0.2, -0.15) is 0 Å². The lowest BCUT2D eigenvalue weighted by molar-refractivity contribution is -0.136. The summed E-state index contributed by atoms with van der Waals surface area (Å²) in [4.78, 5) is 11.0. The summed E-state index contributed by atoms with van der Waals surface area (Å²) in [5.41, 5.74) is 0. The van der Waals surface area contributed by atoms with Crippen molar-refractivity contribution in [3.8, 4) is 0 Å². The summed E-state index contributed by atoms with van der Waals surface area (Å²) in [6.07, 6.45) is 3.47. The summed E-state index contributed by atoms with van der Waals surface area (Å²) < 4.78 is 0. The normalized spacial score (nSPS) is 41.8. The summed E-state index contributed by atoms with van der Waals surface area (Å²) in [6, 6.07) is 0.529. The van der Waals surface area contributed by atoms with Crippen molar-refractivity contribution in [2.24, 2.45) is 0 Å². The molecule has 1 saturated heterocycles. The maximum atomic E-state index is 11.0. The number of fused-ring (bicyclic) bond motifs is 1. The molecule has 12 heavy (non-hydrogen) atoms. The first kappa shape index (κ1) is 8.01. The van der Waals surface area contributed by atoms with Gasteiger partial charge in [0.05, 0.1) is 0 Å². The topological polar surface area (TPSA) is 61.4 Å². The SMILES string of the molecule is O=C1NC2CCCCC2NC1O. The van der Waals surface area contributed by atoms with E-state index in [4.69, 9.17) is 0 Å². The number of amides is 1. The molecular formula is C8H14N2O2. The van der Waals surface area contributed by atoms with Crippen LogP contribution in [0.25, 0.3) is 0 Å². The molecule has 1 aliphatic carbocycles. The fourth-order valence-corrected chi connectivity index (χ4v) is 2.04. The first-order chi connectivity index (χ1) is 5.77. The van der Waals surface area contributed by atoms with Crippen molar-refractivity contribution in [3.63, 3.8) is 0 Å². The molecule has 4 nitrogen and oxygen atoms in total. The van der Waals surface area contributed by atoms with Crippen molar-refractivity contribution in [2.75, 3.05) is 0 Å². The Labute approximate surface area is 71.3 Å². The summed E-state index contributed by atoms with van der Waals surface area (Å²) in [6.45, 7) is 0. The molecular weight excluding hydrogens is 156 g/mol. The number of hydrogen-bond donors (Lipinski definition) is 3. The summed E-state index contributed by atoms with van der Waals surface area (Å²) in [7, 11) is 0. The number of piperazine rings is 1. The Morgan fingerprint density at radius 3 is 2.67 bits per heavy atom. The molecule has 0 aromatic heterocycles. The van der Waals surface area contributed by atoms with Crippen LogP contribution in [0.3, 0.4) is 0 Å². The van der Waals surface area contributed by atoms with E-state index in [9.17, 15) is 9.90 Å². The van der Waals surface area contributed by atoms with Gasteiger partial charge < -0.3 is 10.4 Å². The number of carbonyl (C=O) groups excluding carboxylic acids is 1. The maximum absolute atomic E-state index is 11.0. The van der Waals surface area contributed by atoms with Crippen molar-refractivity contribution in [3.05, 3.63) is 0 Å². The highest BCUT2D eigenvalue weighted by molar-refractivity contribution is 5.81. The van der Waals surface area contributed by atoms with Crippen LogP contribution in [0.1, 0.15) is 25.7 Å². The molecule has 0 aromatic carbocycles. The first-order valence-corrected chi connectivity index (χ1v) is 4.52. The Morgan fingerprint density at radius 2 is 1.92 bits per heavy atom. The van der Waals surface area contributed by atoms with E-state index in [2.05, 4.69) is 10.6 Å². The highest BCUT2D eigenvalue weighted by Gasteiger charge is 2.34. The number of nitrogens with one attached hydrogen (secondary N) is 2. The lowest BCUT2D eigenvalue weighted by atomic mass is 9.89. The zero-order valence-corrected chi connectivity index (χ0v) is 6.92. The van der Waals surface area contributed by atoms with Crippen LogP contribution in [0, 0.1) is 0 Å². The van der Waals surface area contributed by atoms with Gasteiger partial charge in [0, 0.05) is 12.1 Å². The minimum atomic E-state index is -0.996. The second-order valence-corrected chi connectivity index (χ2v) is 3.58. The lowest BCUT2D eigenvalue weighted by Crippen LogP contribution is -2.64. The Bertz CT molecular complexity index is 195. The van der Waals surface area contributed by atoms with E-state index in [-0.39, 0.29) is 18.0 Å². The molecule has 3 atom stereocenters.